The number of rotatable bonds is 3. The van der Waals surface area contributed by atoms with Gasteiger partial charge < -0.3 is 9.73 Å². The number of nitrogens with zero attached hydrogens (tertiary/aromatic N) is 2. The molecule has 0 bridgehead atoms. The minimum Gasteiger partial charge on any atom is -0.467 e. The molecule has 2 heterocycles. The maximum absolute atomic E-state index is 9.19. The van der Waals surface area contributed by atoms with E-state index in [4.69, 9.17) is 4.42 Å². The topological polar surface area (TPSA) is 61.9 Å². The molecule has 0 amide bonds. The Balaban J connectivity index is 1.94. The number of aromatic nitrogens is 1. The Hall–Kier alpha value is -2.80. The van der Waals surface area contributed by atoms with Crippen molar-refractivity contribution in [3.63, 3.8) is 0 Å². The standard InChI is InChI=1S/C15H11N3O/c16-9-11-8-15(17-10-12-4-3-7-19-12)18-14-6-2-1-5-13(11)14/h1-8H,10H2,(H,17,18). The van der Waals surface area contributed by atoms with Gasteiger partial charge in [-0.3, -0.25) is 0 Å². The van der Waals surface area contributed by atoms with Gasteiger partial charge >= 0.3 is 0 Å². The summed E-state index contributed by atoms with van der Waals surface area (Å²) in [5, 5.41) is 13.2. The molecule has 0 aliphatic carbocycles. The number of nitriles is 1. The molecule has 4 heteroatoms. The summed E-state index contributed by atoms with van der Waals surface area (Å²) >= 11 is 0. The van der Waals surface area contributed by atoms with E-state index < -0.39 is 0 Å². The smallest absolute Gasteiger partial charge is 0.128 e. The highest BCUT2D eigenvalue weighted by atomic mass is 16.3. The number of nitrogens with one attached hydrogen (secondary N) is 1. The quantitative estimate of drug-likeness (QED) is 0.773. The normalized spacial score (nSPS) is 10.3. The van der Waals surface area contributed by atoms with Gasteiger partial charge in [0.15, 0.2) is 0 Å². The first-order chi connectivity index (χ1) is 9.36. The monoisotopic (exact) mass is 249 g/mol. The van der Waals surface area contributed by atoms with Crippen LogP contribution in [0, 0.1) is 11.3 Å². The van der Waals surface area contributed by atoms with Gasteiger partial charge in [0.2, 0.25) is 0 Å². The Kier molecular flexibility index (Phi) is 2.87. The molecule has 3 aromatic rings. The molecule has 4 nitrogen and oxygen atoms in total. The molecule has 0 unspecified atom stereocenters. The highest BCUT2D eigenvalue weighted by Crippen LogP contribution is 2.20. The van der Waals surface area contributed by atoms with Crippen molar-refractivity contribution in [2.75, 3.05) is 5.32 Å². The molecule has 0 saturated heterocycles. The fourth-order valence-corrected chi connectivity index (χ4v) is 1.95. The third kappa shape index (κ3) is 2.26. The van der Waals surface area contributed by atoms with Crippen LogP contribution in [0.3, 0.4) is 0 Å². The van der Waals surface area contributed by atoms with Crippen LogP contribution in [0.15, 0.2) is 53.1 Å². The minimum atomic E-state index is 0.545. The maximum Gasteiger partial charge on any atom is 0.128 e. The zero-order valence-electron chi connectivity index (χ0n) is 10.1. The SMILES string of the molecule is N#Cc1cc(NCc2ccco2)nc2ccccc12. The van der Waals surface area contributed by atoms with Crippen molar-refractivity contribution >= 4 is 16.7 Å². The van der Waals surface area contributed by atoms with Gasteiger partial charge in [-0.25, -0.2) is 4.98 Å². The molecule has 0 fully saturated rings. The lowest BCUT2D eigenvalue weighted by Crippen LogP contribution is -2.01. The molecule has 1 aromatic carbocycles. The fourth-order valence-electron chi connectivity index (χ4n) is 1.95. The highest BCUT2D eigenvalue weighted by Gasteiger charge is 2.05. The lowest BCUT2D eigenvalue weighted by molar-refractivity contribution is 0.518. The second kappa shape index (κ2) is 4.83. The van der Waals surface area contributed by atoms with Crippen LogP contribution in [-0.2, 0) is 6.54 Å². The van der Waals surface area contributed by atoms with Gasteiger partial charge in [0.05, 0.1) is 30.0 Å². The Morgan fingerprint density at radius 1 is 1.21 bits per heavy atom. The summed E-state index contributed by atoms with van der Waals surface area (Å²) in [6.45, 7) is 0.545. The molecule has 1 N–H and O–H groups in total. The Morgan fingerprint density at radius 3 is 2.89 bits per heavy atom. The largest absolute Gasteiger partial charge is 0.467 e. The average Bonchev–Trinajstić information content (AvgIpc) is 2.97. The number of anilines is 1. The second-order valence-corrected chi connectivity index (χ2v) is 4.12. The fraction of sp³-hybridized carbons (Fsp3) is 0.0667. The predicted molar refractivity (Wildman–Crippen MR) is 72.5 cm³/mol. The summed E-state index contributed by atoms with van der Waals surface area (Å²) in [6, 6.07) is 15.3. The number of furan rings is 1. The van der Waals surface area contributed by atoms with Gasteiger partial charge in [0, 0.05) is 5.39 Å². The van der Waals surface area contributed by atoms with Gasteiger partial charge in [-0.15, -0.1) is 0 Å². The molecule has 3 rings (SSSR count). The molecule has 2 aromatic heterocycles. The predicted octanol–water partition coefficient (Wildman–Crippen LogP) is 3.31. The second-order valence-electron chi connectivity index (χ2n) is 4.12. The van der Waals surface area contributed by atoms with Crippen LogP contribution >= 0.6 is 0 Å². The summed E-state index contributed by atoms with van der Waals surface area (Å²) in [4.78, 5) is 4.48. The van der Waals surface area contributed by atoms with Crippen molar-refractivity contribution in [1.82, 2.24) is 4.98 Å². The molecular weight excluding hydrogens is 238 g/mol. The van der Waals surface area contributed by atoms with Crippen LogP contribution in [0.5, 0.6) is 0 Å². The third-order valence-corrected chi connectivity index (χ3v) is 2.86. The van der Waals surface area contributed by atoms with E-state index >= 15 is 0 Å². The molecule has 0 spiro atoms. The Morgan fingerprint density at radius 2 is 2.11 bits per heavy atom. The zero-order valence-corrected chi connectivity index (χ0v) is 10.1. The Bertz CT molecular complexity index is 742. The van der Waals surface area contributed by atoms with Crippen LogP contribution < -0.4 is 5.32 Å². The van der Waals surface area contributed by atoms with Crippen molar-refractivity contribution in [3.8, 4) is 6.07 Å². The van der Waals surface area contributed by atoms with Crippen LogP contribution in [0.25, 0.3) is 10.9 Å². The van der Waals surface area contributed by atoms with Gasteiger partial charge in [-0.2, -0.15) is 5.26 Å². The molecule has 0 radical (unpaired) electrons. The van der Waals surface area contributed by atoms with Crippen molar-refractivity contribution in [2.45, 2.75) is 6.54 Å². The summed E-state index contributed by atoms with van der Waals surface area (Å²) in [6.07, 6.45) is 1.63. The van der Waals surface area contributed by atoms with E-state index in [1.54, 1.807) is 12.3 Å². The number of hydrogen-bond donors (Lipinski definition) is 1. The average molecular weight is 249 g/mol. The van der Waals surface area contributed by atoms with Gasteiger partial charge in [-0.1, -0.05) is 18.2 Å². The summed E-state index contributed by atoms with van der Waals surface area (Å²) in [5.74, 6) is 1.50. The zero-order chi connectivity index (χ0) is 13.1. The lowest BCUT2D eigenvalue weighted by Gasteiger charge is -2.06. The van der Waals surface area contributed by atoms with Gasteiger partial charge in [0.1, 0.15) is 11.6 Å². The van der Waals surface area contributed by atoms with Gasteiger partial charge in [-0.05, 0) is 24.3 Å². The lowest BCUT2D eigenvalue weighted by atomic mass is 10.1. The number of hydrogen-bond acceptors (Lipinski definition) is 4. The van der Waals surface area contributed by atoms with E-state index in [1.165, 1.54) is 0 Å². The van der Waals surface area contributed by atoms with Crippen LogP contribution in [0.1, 0.15) is 11.3 Å². The molecule has 19 heavy (non-hydrogen) atoms. The molecule has 0 aliphatic heterocycles. The highest BCUT2D eigenvalue weighted by molar-refractivity contribution is 5.86. The van der Waals surface area contributed by atoms with Crippen LogP contribution in [0.4, 0.5) is 5.82 Å². The third-order valence-electron chi connectivity index (χ3n) is 2.86. The van der Waals surface area contributed by atoms with Gasteiger partial charge in [0.25, 0.3) is 0 Å². The number of para-hydroxylation sites is 1. The minimum absolute atomic E-state index is 0.545. The van der Waals surface area contributed by atoms with Crippen LogP contribution in [-0.4, -0.2) is 4.98 Å². The van der Waals surface area contributed by atoms with E-state index in [2.05, 4.69) is 16.4 Å². The molecule has 0 aliphatic rings. The maximum atomic E-state index is 9.19. The summed E-state index contributed by atoms with van der Waals surface area (Å²) < 4.78 is 5.24. The van der Waals surface area contributed by atoms with E-state index in [0.717, 1.165) is 16.7 Å². The molecule has 0 atom stereocenters. The van der Waals surface area contributed by atoms with Crippen molar-refractivity contribution in [2.24, 2.45) is 0 Å². The van der Waals surface area contributed by atoms with E-state index in [-0.39, 0.29) is 0 Å². The molecular formula is C15H11N3O. The first-order valence-electron chi connectivity index (χ1n) is 5.93. The van der Waals surface area contributed by atoms with Crippen molar-refractivity contribution in [1.29, 1.82) is 5.26 Å². The number of benzene rings is 1. The van der Waals surface area contributed by atoms with E-state index in [1.807, 2.05) is 36.4 Å². The van der Waals surface area contributed by atoms with Crippen molar-refractivity contribution < 1.29 is 4.42 Å². The van der Waals surface area contributed by atoms with Crippen molar-refractivity contribution in [3.05, 3.63) is 60.1 Å². The van der Waals surface area contributed by atoms with E-state index in [0.29, 0.717) is 17.9 Å². The number of fused-ring (bicyclic) bond motifs is 1. The number of pyridine rings is 1. The first kappa shape index (κ1) is 11.3. The van der Waals surface area contributed by atoms with Crippen LogP contribution in [0.2, 0.25) is 0 Å². The van der Waals surface area contributed by atoms with E-state index in [9.17, 15) is 5.26 Å². The molecule has 0 saturated carbocycles. The molecule has 92 valence electrons. The first-order valence-corrected chi connectivity index (χ1v) is 5.93. The summed E-state index contributed by atoms with van der Waals surface area (Å²) in [7, 11) is 0. The summed E-state index contributed by atoms with van der Waals surface area (Å²) in [5.41, 5.74) is 1.43. The Labute approximate surface area is 110 Å².